The van der Waals surface area contributed by atoms with Gasteiger partial charge in [-0.3, -0.25) is 0 Å². The Morgan fingerprint density at radius 3 is 2.47 bits per heavy atom. The van der Waals surface area contributed by atoms with Gasteiger partial charge in [0.05, 0.1) is 0 Å². The zero-order valence-electron chi connectivity index (χ0n) is 11.2. The third kappa shape index (κ3) is 1.73. The second-order valence-electron chi connectivity index (χ2n) is 5.48. The molecule has 1 heterocycles. The molecule has 0 bridgehead atoms. The lowest BCUT2D eigenvalue weighted by Gasteiger charge is -2.35. The molecule has 3 rings (SSSR count). The number of ether oxygens (including phenoxy) is 1. The van der Waals surface area contributed by atoms with E-state index in [1.807, 2.05) is 32.9 Å². The highest BCUT2D eigenvalue weighted by Gasteiger charge is 2.33. The average Bonchev–Trinajstić information content (AvgIpc) is 2.32. The van der Waals surface area contributed by atoms with Crippen LogP contribution in [0.25, 0.3) is 11.1 Å². The highest BCUT2D eigenvalue weighted by atomic mass is 16.5. The number of hydrogen-bond acceptors (Lipinski definition) is 3. The molecule has 3 heteroatoms. The molecule has 0 fully saturated rings. The van der Waals surface area contributed by atoms with Crippen LogP contribution in [0.2, 0.25) is 0 Å². The molecule has 0 unspecified atom stereocenters. The van der Waals surface area contributed by atoms with Crippen LogP contribution in [0.4, 0.5) is 0 Å². The third-order valence-corrected chi connectivity index (χ3v) is 3.61. The van der Waals surface area contributed by atoms with Gasteiger partial charge in [-0.15, -0.1) is 0 Å². The second-order valence-corrected chi connectivity index (χ2v) is 5.48. The summed E-state index contributed by atoms with van der Waals surface area (Å²) >= 11 is 0. The lowest BCUT2D eigenvalue weighted by atomic mass is 9.85. The summed E-state index contributed by atoms with van der Waals surface area (Å²) in [5, 5.41) is 19.5. The van der Waals surface area contributed by atoms with Gasteiger partial charge in [-0.25, -0.2) is 0 Å². The van der Waals surface area contributed by atoms with Crippen molar-refractivity contribution in [2.45, 2.75) is 26.4 Å². The van der Waals surface area contributed by atoms with E-state index in [1.54, 1.807) is 18.2 Å². The highest BCUT2D eigenvalue weighted by Crippen LogP contribution is 2.47. The number of rotatable bonds is 0. The Balaban J connectivity index is 2.33. The van der Waals surface area contributed by atoms with E-state index in [4.69, 9.17) is 4.74 Å². The molecule has 2 aromatic rings. The highest BCUT2D eigenvalue weighted by molar-refractivity contribution is 5.78. The third-order valence-electron chi connectivity index (χ3n) is 3.61. The molecule has 0 atom stereocenters. The fraction of sp³-hybridized carbons (Fsp3) is 0.250. The van der Waals surface area contributed by atoms with Gasteiger partial charge in [0, 0.05) is 17.2 Å². The second kappa shape index (κ2) is 3.67. The fourth-order valence-electron chi connectivity index (χ4n) is 2.57. The molecule has 1 aliphatic heterocycles. The summed E-state index contributed by atoms with van der Waals surface area (Å²) in [4.78, 5) is 0. The van der Waals surface area contributed by atoms with Crippen LogP contribution in [-0.2, 0) is 5.60 Å². The summed E-state index contributed by atoms with van der Waals surface area (Å²) in [6, 6.07) is 8.87. The van der Waals surface area contributed by atoms with Crippen LogP contribution in [-0.4, -0.2) is 10.2 Å². The Morgan fingerprint density at radius 1 is 1.00 bits per heavy atom. The van der Waals surface area contributed by atoms with Gasteiger partial charge in [-0.2, -0.15) is 0 Å². The smallest absolute Gasteiger partial charge is 0.132 e. The molecule has 0 radical (unpaired) electrons. The topological polar surface area (TPSA) is 49.7 Å². The van der Waals surface area contributed by atoms with Crippen LogP contribution >= 0.6 is 0 Å². The number of phenolic OH excluding ortho intramolecular Hbond substituents is 2. The van der Waals surface area contributed by atoms with E-state index in [0.717, 1.165) is 22.3 Å². The minimum Gasteiger partial charge on any atom is -0.508 e. The quantitative estimate of drug-likeness (QED) is 0.755. The van der Waals surface area contributed by atoms with E-state index >= 15 is 0 Å². The van der Waals surface area contributed by atoms with Crippen molar-refractivity contribution >= 4 is 0 Å². The summed E-state index contributed by atoms with van der Waals surface area (Å²) in [5.41, 5.74) is 3.20. The Morgan fingerprint density at radius 2 is 1.74 bits per heavy atom. The summed E-state index contributed by atoms with van der Waals surface area (Å²) < 4.78 is 5.97. The van der Waals surface area contributed by atoms with E-state index in [2.05, 4.69) is 0 Å². The lowest BCUT2D eigenvalue weighted by molar-refractivity contribution is 0.105. The van der Waals surface area contributed by atoms with Crippen molar-refractivity contribution in [3.8, 4) is 28.4 Å². The molecule has 0 aliphatic carbocycles. The van der Waals surface area contributed by atoms with Crippen LogP contribution in [0.15, 0.2) is 30.3 Å². The predicted octanol–water partition coefficient (Wildman–Crippen LogP) is 3.70. The maximum atomic E-state index is 9.82. The maximum Gasteiger partial charge on any atom is 0.132 e. The van der Waals surface area contributed by atoms with Crippen LogP contribution < -0.4 is 4.74 Å². The molecule has 19 heavy (non-hydrogen) atoms. The van der Waals surface area contributed by atoms with Gasteiger partial charge in [0.15, 0.2) is 0 Å². The molecule has 2 aromatic carbocycles. The molecular weight excluding hydrogens is 240 g/mol. The SMILES string of the molecule is Cc1cc2c(cc1O)OC(C)(C)c1cc(O)ccc1-2. The van der Waals surface area contributed by atoms with Crippen molar-refractivity contribution in [2.75, 3.05) is 0 Å². The number of hydrogen-bond donors (Lipinski definition) is 2. The molecule has 0 saturated heterocycles. The standard InChI is InChI=1S/C16H16O3/c1-9-6-12-11-5-4-10(17)7-13(11)16(2,3)19-15(12)8-14(9)18/h4-8,17-18H,1-3H3. The molecule has 3 nitrogen and oxygen atoms in total. The first-order valence-corrected chi connectivity index (χ1v) is 6.25. The van der Waals surface area contributed by atoms with Gasteiger partial charge in [-0.05, 0) is 50.1 Å². The molecule has 2 N–H and O–H groups in total. The first kappa shape index (κ1) is 11.9. The zero-order chi connectivity index (χ0) is 13.8. The van der Waals surface area contributed by atoms with Crippen molar-refractivity contribution in [1.82, 2.24) is 0 Å². The van der Waals surface area contributed by atoms with Crippen molar-refractivity contribution in [1.29, 1.82) is 0 Å². The molecule has 98 valence electrons. The summed E-state index contributed by atoms with van der Waals surface area (Å²) in [6.07, 6.45) is 0. The van der Waals surface area contributed by atoms with Gasteiger partial charge in [0.2, 0.25) is 0 Å². The summed E-state index contributed by atoms with van der Waals surface area (Å²) in [6.45, 7) is 5.76. The molecule has 0 aromatic heterocycles. The van der Waals surface area contributed by atoms with Crippen molar-refractivity contribution in [3.05, 3.63) is 41.5 Å². The van der Waals surface area contributed by atoms with Crippen LogP contribution in [0.3, 0.4) is 0 Å². The van der Waals surface area contributed by atoms with E-state index in [1.165, 1.54) is 0 Å². The first-order valence-electron chi connectivity index (χ1n) is 6.25. The predicted molar refractivity (Wildman–Crippen MR) is 73.6 cm³/mol. The molecule has 1 aliphatic rings. The maximum absolute atomic E-state index is 9.82. The molecule has 0 spiro atoms. The Bertz CT molecular complexity index is 672. The fourth-order valence-corrected chi connectivity index (χ4v) is 2.57. The normalized spacial score (nSPS) is 15.3. The van der Waals surface area contributed by atoms with E-state index in [9.17, 15) is 10.2 Å². The average molecular weight is 256 g/mol. The Labute approximate surface area is 112 Å². The van der Waals surface area contributed by atoms with Gasteiger partial charge in [-0.1, -0.05) is 6.07 Å². The number of fused-ring (bicyclic) bond motifs is 3. The van der Waals surface area contributed by atoms with Gasteiger partial charge in [0.25, 0.3) is 0 Å². The zero-order valence-corrected chi connectivity index (χ0v) is 11.2. The molecular formula is C16H16O3. The lowest BCUT2D eigenvalue weighted by Crippen LogP contribution is -2.29. The van der Waals surface area contributed by atoms with Crippen molar-refractivity contribution in [2.24, 2.45) is 0 Å². The number of aryl methyl sites for hydroxylation is 1. The minimum absolute atomic E-state index is 0.231. The minimum atomic E-state index is -0.539. The summed E-state index contributed by atoms with van der Waals surface area (Å²) in [7, 11) is 0. The Kier molecular flexibility index (Phi) is 2.30. The van der Waals surface area contributed by atoms with E-state index in [0.29, 0.717) is 5.75 Å². The monoisotopic (exact) mass is 256 g/mol. The number of aromatic hydroxyl groups is 2. The van der Waals surface area contributed by atoms with E-state index < -0.39 is 5.60 Å². The summed E-state index contributed by atoms with van der Waals surface area (Å²) in [5.74, 6) is 1.14. The van der Waals surface area contributed by atoms with Gasteiger partial charge >= 0.3 is 0 Å². The number of benzene rings is 2. The van der Waals surface area contributed by atoms with Crippen LogP contribution in [0.5, 0.6) is 17.2 Å². The Hall–Kier alpha value is -2.16. The molecule has 0 amide bonds. The van der Waals surface area contributed by atoms with Gasteiger partial charge < -0.3 is 14.9 Å². The number of phenols is 2. The first-order chi connectivity index (χ1) is 8.88. The van der Waals surface area contributed by atoms with Crippen molar-refractivity contribution < 1.29 is 14.9 Å². The van der Waals surface area contributed by atoms with E-state index in [-0.39, 0.29) is 11.5 Å². The van der Waals surface area contributed by atoms with Crippen molar-refractivity contribution in [3.63, 3.8) is 0 Å². The van der Waals surface area contributed by atoms with Crippen LogP contribution in [0.1, 0.15) is 25.0 Å². The van der Waals surface area contributed by atoms with Gasteiger partial charge in [0.1, 0.15) is 22.8 Å². The largest absolute Gasteiger partial charge is 0.508 e. The van der Waals surface area contributed by atoms with Crippen LogP contribution in [0, 0.1) is 6.92 Å². The molecule has 0 saturated carbocycles.